The van der Waals surface area contributed by atoms with E-state index < -0.39 is 10.0 Å². The summed E-state index contributed by atoms with van der Waals surface area (Å²) in [5, 5.41) is 3.32. The van der Waals surface area contributed by atoms with E-state index in [1.165, 1.54) is 38.4 Å². The van der Waals surface area contributed by atoms with Gasteiger partial charge in [-0.05, 0) is 48.5 Å². The molecule has 26 heavy (non-hydrogen) atoms. The minimum atomic E-state index is -3.74. The van der Waals surface area contributed by atoms with Crippen molar-refractivity contribution in [3.05, 3.63) is 59.1 Å². The molecule has 9 heteroatoms. The molecule has 0 saturated heterocycles. The van der Waals surface area contributed by atoms with E-state index in [1.54, 1.807) is 24.3 Å². The van der Waals surface area contributed by atoms with Gasteiger partial charge >= 0.3 is 0 Å². The number of sulfonamides is 1. The summed E-state index contributed by atoms with van der Waals surface area (Å²) in [6, 6.07) is 12.5. The number of nitrogens with zero attached hydrogens (tertiary/aromatic N) is 1. The fourth-order valence-corrected chi connectivity index (χ4v) is 3.09. The van der Waals surface area contributed by atoms with E-state index in [1.807, 2.05) is 0 Å². The third-order valence-electron chi connectivity index (χ3n) is 3.48. The molecule has 2 rings (SSSR count). The molecule has 0 spiro atoms. The predicted octanol–water partition coefficient (Wildman–Crippen LogP) is 2.33. The number of hydrogen-bond acceptors (Lipinski definition) is 5. The first-order chi connectivity index (χ1) is 12.3. The summed E-state index contributed by atoms with van der Waals surface area (Å²) in [7, 11) is -1.19. The Labute approximate surface area is 157 Å². The summed E-state index contributed by atoms with van der Waals surface area (Å²) < 4.78 is 30.4. The summed E-state index contributed by atoms with van der Waals surface area (Å²) in [4.78, 5) is 16.8. The number of halogens is 1. The van der Waals surface area contributed by atoms with Gasteiger partial charge in [-0.3, -0.25) is 9.63 Å². The third kappa shape index (κ3) is 5.18. The molecule has 0 aliphatic carbocycles. The SMILES string of the molecule is CON(C)S(=O)(=O)c1ccc(C(=O)NCCOc2ccc(Cl)cc2)cc1. The molecule has 0 aliphatic rings. The number of ether oxygens (including phenoxy) is 1. The highest BCUT2D eigenvalue weighted by Crippen LogP contribution is 2.16. The zero-order chi connectivity index (χ0) is 19.2. The van der Waals surface area contributed by atoms with Crippen LogP contribution < -0.4 is 10.1 Å². The lowest BCUT2D eigenvalue weighted by atomic mass is 10.2. The Morgan fingerprint density at radius 2 is 1.73 bits per heavy atom. The number of rotatable bonds is 8. The fourth-order valence-electron chi connectivity index (χ4n) is 1.99. The van der Waals surface area contributed by atoms with Crippen molar-refractivity contribution in [3.8, 4) is 5.75 Å². The van der Waals surface area contributed by atoms with E-state index in [9.17, 15) is 13.2 Å². The van der Waals surface area contributed by atoms with Crippen LogP contribution in [0.1, 0.15) is 10.4 Å². The minimum absolute atomic E-state index is 0.0319. The molecule has 0 saturated carbocycles. The van der Waals surface area contributed by atoms with Gasteiger partial charge in [0.15, 0.2) is 0 Å². The molecule has 0 bridgehead atoms. The maximum atomic E-state index is 12.1. The molecule has 0 unspecified atom stereocenters. The summed E-state index contributed by atoms with van der Waals surface area (Å²) in [6.07, 6.45) is 0. The van der Waals surface area contributed by atoms with E-state index in [0.29, 0.717) is 29.5 Å². The minimum Gasteiger partial charge on any atom is -0.492 e. The fraction of sp³-hybridized carbons (Fsp3) is 0.235. The highest BCUT2D eigenvalue weighted by atomic mass is 35.5. The van der Waals surface area contributed by atoms with Crippen molar-refractivity contribution in [2.75, 3.05) is 27.3 Å². The maximum Gasteiger partial charge on any atom is 0.264 e. The number of amides is 1. The van der Waals surface area contributed by atoms with Gasteiger partial charge in [-0.2, -0.15) is 0 Å². The molecular formula is C17H19ClN2O5S. The first-order valence-corrected chi connectivity index (χ1v) is 9.46. The molecule has 140 valence electrons. The van der Waals surface area contributed by atoms with Crippen LogP contribution in [-0.4, -0.2) is 46.1 Å². The summed E-state index contributed by atoms with van der Waals surface area (Å²) >= 11 is 5.79. The second-order valence-electron chi connectivity index (χ2n) is 5.18. The molecule has 0 radical (unpaired) electrons. The molecule has 0 aromatic heterocycles. The van der Waals surface area contributed by atoms with Crippen LogP contribution in [0, 0.1) is 0 Å². The summed E-state index contributed by atoms with van der Waals surface area (Å²) in [5.74, 6) is 0.328. The molecule has 2 aromatic rings. The monoisotopic (exact) mass is 398 g/mol. The van der Waals surface area contributed by atoms with Gasteiger partial charge in [0.25, 0.3) is 15.9 Å². The average molecular weight is 399 g/mol. The van der Waals surface area contributed by atoms with E-state index in [-0.39, 0.29) is 10.8 Å². The van der Waals surface area contributed by atoms with Crippen LogP contribution in [0.5, 0.6) is 5.75 Å². The normalized spacial score (nSPS) is 11.4. The molecule has 1 N–H and O–H groups in total. The number of carbonyl (C=O) groups excluding carboxylic acids is 1. The van der Waals surface area contributed by atoms with Gasteiger partial charge in [0, 0.05) is 17.6 Å². The van der Waals surface area contributed by atoms with Gasteiger partial charge in [-0.25, -0.2) is 8.42 Å². The number of benzene rings is 2. The lowest BCUT2D eigenvalue weighted by Gasteiger charge is -2.14. The Morgan fingerprint density at radius 1 is 1.12 bits per heavy atom. The van der Waals surface area contributed by atoms with Gasteiger partial charge in [0.05, 0.1) is 18.6 Å². The Kier molecular flexibility index (Phi) is 6.98. The first-order valence-electron chi connectivity index (χ1n) is 7.64. The molecule has 0 fully saturated rings. The largest absolute Gasteiger partial charge is 0.492 e. The van der Waals surface area contributed by atoms with Gasteiger partial charge < -0.3 is 10.1 Å². The van der Waals surface area contributed by atoms with Crippen molar-refractivity contribution in [1.82, 2.24) is 9.79 Å². The molecule has 1 amide bonds. The lowest BCUT2D eigenvalue weighted by Crippen LogP contribution is -2.28. The van der Waals surface area contributed by atoms with Gasteiger partial charge in [0.1, 0.15) is 12.4 Å². The van der Waals surface area contributed by atoms with Crippen LogP contribution in [0.15, 0.2) is 53.4 Å². The maximum absolute atomic E-state index is 12.1. The summed E-state index contributed by atoms with van der Waals surface area (Å²) in [5.41, 5.74) is 0.343. The van der Waals surface area contributed by atoms with Crippen LogP contribution in [0.3, 0.4) is 0 Å². The van der Waals surface area contributed by atoms with Crippen molar-refractivity contribution >= 4 is 27.5 Å². The number of carbonyl (C=O) groups is 1. The zero-order valence-electron chi connectivity index (χ0n) is 14.3. The van der Waals surface area contributed by atoms with Crippen LogP contribution in [0.2, 0.25) is 5.02 Å². The molecule has 0 atom stereocenters. The van der Waals surface area contributed by atoms with Crippen molar-refractivity contribution in [1.29, 1.82) is 0 Å². The lowest BCUT2D eigenvalue weighted by molar-refractivity contribution is -0.0258. The standard InChI is InChI=1S/C17H19ClN2O5S/c1-20(24-2)26(22,23)16-9-3-13(4-10-16)17(21)19-11-12-25-15-7-5-14(18)6-8-15/h3-10H,11-12H2,1-2H3,(H,19,21). The smallest absolute Gasteiger partial charge is 0.264 e. The molecule has 0 heterocycles. The molecule has 7 nitrogen and oxygen atoms in total. The van der Waals surface area contributed by atoms with Gasteiger partial charge in [-0.15, -0.1) is 0 Å². The van der Waals surface area contributed by atoms with Crippen molar-refractivity contribution < 1.29 is 22.8 Å². The Hall–Kier alpha value is -2.13. The second-order valence-corrected chi connectivity index (χ2v) is 7.55. The van der Waals surface area contributed by atoms with Crippen molar-refractivity contribution in [3.63, 3.8) is 0 Å². The van der Waals surface area contributed by atoms with Crippen LogP contribution in [-0.2, 0) is 14.9 Å². The Bertz CT molecular complexity index is 838. The van der Waals surface area contributed by atoms with Gasteiger partial charge in [-0.1, -0.05) is 16.1 Å². The van der Waals surface area contributed by atoms with Crippen molar-refractivity contribution in [2.45, 2.75) is 4.90 Å². The number of nitrogens with one attached hydrogen (secondary N) is 1. The van der Waals surface area contributed by atoms with Gasteiger partial charge in [0.2, 0.25) is 0 Å². The third-order valence-corrected chi connectivity index (χ3v) is 5.43. The van der Waals surface area contributed by atoms with Crippen molar-refractivity contribution in [2.24, 2.45) is 0 Å². The Balaban J connectivity index is 1.87. The summed E-state index contributed by atoms with van der Waals surface area (Å²) in [6.45, 7) is 0.590. The quantitative estimate of drug-likeness (QED) is 0.545. The van der Waals surface area contributed by atoms with E-state index in [4.69, 9.17) is 21.2 Å². The predicted molar refractivity (Wildman–Crippen MR) is 97.7 cm³/mol. The second kappa shape index (κ2) is 9.00. The topological polar surface area (TPSA) is 84.9 Å². The number of hydrogen-bond donors (Lipinski definition) is 1. The van der Waals surface area contributed by atoms with Crippen LogP contribution >= 0.6 is 11.6 Å². The highest BCUT2D eigenvalue weighted by Gasteiger charge is 2.20. The first kappa shape index (κ1) is 20.2. The van der Waals surface area contributed by atoms with E-state index in [0.717, 1.165) is 4.47 Å². The van der Waals surface area contributed by atoms with Crippen LogP contribution in [0.25, 0.3) is 0 Å². The van der Waals surface area contributed by atoms with E-state index in [2.05, 4.69) is 5.32 Å². The molecule has 0 aliphatic heterocycles. The van der Waals surface area contributed by atoms with E-state index >= 15 is 0 Å². The Morgan fingerprint density at radius 3 is 2.31 bits per heavy atom. The number of hydroxylamine groups is 1. The molecule has 2 aromatic carbocycles. The highest BCUT2D eigenvalue weighted by molar-refractivity contribution is 7.89. The zero-order valence-corrected chi connectivity index (χ0v) is 15.9. The van der Waals surface area contributed by atoms with Crippen LogP contribution in [0.4, 0.5) is 0 Å². The molecular weight excluding hydrogens is 380 g/mol. The average Bonchev–Trinajstić information content (AvgIpc) is 2.65.